The number of hydrogen-bond acceptors (Lipinski definition) is 4. The molecule has 16 heavy (non-hydrogen) atoms. The molecule has 4 nitrogen and oxygen atoms in total. The molecule has 1 atom stereocenters. The fourth-order valence-corrected chi connectivity index (χ4v) is 1.54. The lowest BCUT2D eigenvalue weighted by molar-refractivity contribution is -0.154. The fourth-order valence-electron chi connectivity index (χ4n) is 1.09. The standard InChI is InChI=1S/C11H21NO3S/c1-8(2)7-12-11(14)10(5-6-16-4)15-9(3)13/h8,10H,5-7H2,1-4H3,(H,12,14)/t10-/m0/s1. The first kappa shape index (κ1) is 15.3. The Hall–Kier alpha value is -0.710. The summed E-state index contributed by atoms with van der Waals surface area (Å²) < 4.78 is 4.98. The average molecular weight is 247 g/mol. The monoisotopic (exact) mass is 247 g/mol. The molecule has 94 valence electrons. The van der Waals surface area contributed by atoms with E-state index in [0.29, 0.717) is 18.9 Å². The van der Waals surface area contributed by atoms with Crippen LogP contribution in [0, 0.1) is 5.92 Å². The molecule has 0 radical (unpaired) electrons. The number of esters is 1. The molecule has 0 heterocycles. The minimum Gasteiger partial charge on any atom is -0.452 e. The minimum absolute atomic E-state index is 0.196. The molecule has 0 aromatic heterocycles. The molecule has 0 bridgehead atoms. The third kappa shape index (κ3) is 7.56. The Morgan fingerprint density at radius 2 is 2.00 bits per heavy atom. The van der Waals surface area contributed by atoms with Gasteiger partial charge < -0.3 is 10.1 Å². The van der Waals surface area contributed by atoms with Gasteiger partial charge in [0, 0.05) is 19.9 Å². The van der Waals surface area contributed by atoms with Crippen LogP contribution in [-0.4, -0.2) is 36.5 Å². The third-order valence-corrected chi connectivity index (χ3v) is 2.51. The zero-order chi connectivity index (χ0) is 12.6. The molecule has 0 fully saturated rings. The van der Waals surface area contributed by atoms with Crippen LogP contribution in [0.3, 0.4) is 0 Å². The van der Waals surface area contributed by atoms with Gasteiger partial charge in [0.2, 0.25) is 0 Å². The van der Waals surface area contributed by atoms with Crippen molar-refractivity contribution in [3.63, 3.8) is 0 Å². The van der Waals surface area contributed by atoms with Crippen molar-refractivity contribution >= 4 is 23.6 Å². The van der Waals surface area contributed by atoms with E-state index >= 15 is 0 Å². The molecule has 0 unspecified atom stereocenters. The van der Waals surface area contributed by atoms with Crippen molar-refractivity contribution < 1.29 is 14.3 Å². The second-order valence-electron chi connectivity index (χ2n) is 4.02. The van der Waals surface area contributed by atoms with Crippen molar-refractivity contribution in [3.05, 3.63) is 0 Å². The normalized spacial score (nSPS) is 12.3. The van der Waals surface area contributed by atoms with Gasteiger partial charge in [-0.15, -0.1) is 0 Å². The molecule has 0 saturated carbocycles. The van der Waals surface area contributed by atoms with Gasteiger partial charge in [-0.1, -0.05) is 13.8 Å². The molecule has 0 saturated heterocycles. The van der Waals surface area contributed by atoms with E-state index in [-0.39, 0.29) is 5.91 Å². The predicted octanol–water partition coefficient (Wildman–Crippen LogP) is 1.44. The maximum absolute atomic E-state index is 11.7. The molecule has 0 aliphatic heterocycles. The highest BCUT2D eigenvalue weighted by atomic mass is 32.2. The number of carbonyl (C=O) groups excluding carboxylic acids is 2. The van der Waals surface area contributed by atoms with Crippen molar-refractivity contribution in [2.45, 2.75) is 33.3 Å². The van der Waals surface area contributed by atoms with Crippen LogP contribution in [0.1, 0.15) is 27.2 Å². The van der Waals surface area contributed by atoms with Crippen LogP contribution in [-0.2, 0) is 14.3 Å². The lowest BCUT2D eigenvalue weighted by Gasteiger charge is -2.17. The number of nitrogens with one attached hydrogen (secondary N) is 1. The molecule has 0 aromatic rings. The van der Waals surface area contributed by atoms with E-state index in [2.05, 4.69) is 5.32 Å². The summed E-state index contributed by atoms with van der Waals surface area (Å²) in [6.07, 6.45) is 1.87. The van der Waals surface area contributed by atoms with Gasteiger partial charge in [-0.2, -0.15) is 11.8 Å². The Bertz CT molecular complexity index is 231. The quantitative estimate of drug-likeness (QED) is 0.692. The molecule has 1 N–H and O–H groups in total. The predicted molar refractivity (Wildman–Crippen MR) is 66.4 cm³/mol. The van der Waals surface area contributed by atoms with Gasteiger partial charge in [0.05, 0.1) is 0 Å². The number of amides is 1. The van der Waals surface area contributed by atoms with E-state index < -0.39 is 12.1 Å². The maximum atomic E-state index is 11.7. The van der Waals surface area contributed by atoms with Gasteiger partial charge in [0.25, 0.3) is 5.91 Å². The summed E-state index contributed by atoms with van der Waals surface area (Å²) in [4.78, 5) is 22.5. The summed E-state index contributed by atoms with van der Waals surface area (Å²) in [7, 11) is 0. The summed E-state index contributed by atoms with van der Waals surface area (Å²) in [6.45, 7) is 5.96. The molecule has 5 heteroatoms. The van der Waals surface area contributed by atoms with Crippen LogP contribution in [0.15, 0.2) is 0 Å². The Labute approximate surface area is 101 Å². The summed E-state index contributed by atoms with van der Waals surface area (Å²) >= 11 is 1.63. The Morgan fingerprint density at radius 1 is 1.38 bits per heavy atom. The Kier molecular flexibility index (Phi) is 8.07. The second kappa shape index (κ2) is 8.44. The summed E-state index contributed by atoms with van der Waals surface area (Å²) in [5.74, 6) is 0.582. The highest BCUT2D eigenvalue weighted by molar-refractivity contribution is 7.98. The highest BCUT2D eigenvalue weighted by Gasteiger charge is 2.20. The van der Waals surface area contributed by atoms with E-state index in [4.69, 9.17) is 4.74 Å². The Balaban J connectivity index is 4.14. The van der Waals surface area contributed by atoms with Gasteiger partial charge >= 0.3 is 5.97 Å². The van der Waals surface area contributed by atoms with Gasteiger partial charge in [-0.05, 0) is 17.9 Å². The van der Waals surface area contributed by atoms with Crippen LogP contribution < -0.4 is 5.32 Å². The second-order valence-corrected chi connectivity index (χ2v) is 5.00. The van der Waals surface area contributed by atoms with Crippen LogP contribution in [0.5, 0.6) is 0 Å². The average Bonchev–Trinajstić information content (AvgIpc) is 2.20. The van der Waals surface area contributed by atoms with E-state index in [1.54, 1.807) is 11.8 Å². The van der Waals surface area contributed by atoms with E-state index in [1.807, 2.05) is 20.1 Å². The number of hydrogen-bond donors (Lipinski definition) is 1. The minimum atomic E-state index is -0.649. The van der Waals surface area contributed by atoms with Gasteiger partial charge in [0.15, 0.2) is 6.10 Å². The van der Waals surface area contributed by atoms with Crippen molar-refractivity contribution in [1.29, 1.82) is 0 Å². The zero-order valence-corrected chi connectivity index (χ0v) is 11.2. The molecule has 0 aliphatic rings. The molecule has 0 rings (SSSR count). The number of carbonyl (C=O) groups is 2. The number of rotatable bonds is 7. The van der Waals surface area contributed by atoms with Gasteiger partial charge in [0.1, 0.15) is 0 Å². The smallest absolute Gasteiger partial charge is 0.303 e. The van der Waals surface area contributed by atoms with Crippen molar-refractivity contribution in [2.75, 3.05) is 18.6 Å². The molecular formula is C11H21NO3S. The molecule has 1 amide bonds. The molecule has 0 aromatic carbocycles. The lowest BCUT2D eigenvalue weighted by atomic mass is 10.2. The van der Waals surface area contributed by atoms with Crippen LogP contribution in [0.2, 0.25) is 0 Å². The van der Waals surface area contributed by atoms with Crippen molar-refractivity contribution in [2.24, 2.45) is 5.92 Å². The SMILES string of the molecule is CSCC[C@H](OC(C)=O)C(=O)NCC(C)C. The van der Waals surface area contributed by atoms with Crippen LogP contribution in [0.25, 0.3) is 0 Å². The summed E-state index contributed by atoms with van der Waals surface area (Å²) in [5, 5.41) is 2.77. The van der Waals surface area contributed by atoms with E-state index in [1.165, 1.54) is 6.92 Å². The van der Waals surface area contributed by atoms with Gasteiger partial charge in [-0.25, -0.2) is 0 Å². The molecule has 0 spiro atoms. The molecular weight excluding hydrogens is 226 g/mol. The van der Waals surface area contributed by atoms with Crippen LogP contribution in [0.4, 0.5) is 0 Å². The van der Waals surface area contributed by atoms with E-state index in [0.717, 1.165) is 5.75 Å². The topological polar surface area (TPSA) is 55.4 Å². The maximum Gasteiger partial charge on any atom is 0.303 e. The lowest BCUT2D eigenvalue weighted by Crippen LogP contribution is -2.39. The van der Waals surface area contributed by atoms with E-state index in [9.17, 15) is 9.59 Å². The first-order chi connectivity index (χ1) is 7.47. The fraction of sp³-hybridized carbons (Fsp3) is 0.818. The number of thioether (sulfide) groups is 1. The zero-order valence-electron chi connectivity index (χ0n) is 10.4. The van der Waals surface area contributed by atoms with Crippen molar-refractivity contribution in [3.8, 4) is 0 Å². The summed E-state index contributed by atoms with van der Waals surface area (Å²) in [6, 6.07) is 0. The summed E-state index contributed by atoms with van der Waals surface area (Å²) in [5.41, 5.74) is 0. The largest absolute Gasteiger partial charge is 0.452 e. The van der Waals surface area contributed by atoms with Crippen molar-refractivity contribution in [1.82, 2.24) is 5.32 Å². The van der Waals surface area contributed by atoms with Gasteiger partial charge in [-0.3, -0.25) is 9.59 Å². The number of ether oxygens (including phenoxy) is 1. The third-order valence-electron chi connectivity index (χ3n) is 1.87. The highest BCUT2D eigenvalue weighted by Crippen LogP contribution is 2.05. The first-order valence-electron chi connectivity index (χ1n) is 5.41. The first-order valence-corrected chi connectivity index (χ1v) is 6.80. The van der Waals surface area contributed by atoms with Crippen LogP contribution >= 0.6 is 11.8 Å². The Morgan fingerprint density at radius 3 is 2.44 bits per heavy atom. The molecule has 0 aliphatic carbocycles.